The SMILES string of the molecule is CC(C)(C)OC(=O)c1ccc(N2CCN(C(=O)C(F)(F)F)CC2)cc1NC1CCOCC1. The van der Waals surface area contributed by atoms with E-state index in [0.29, 0.717) is 24.5 Å². The van der Waals surface area contributed by atoms with E-state index in [4.69, 9.17) is 9.47 Å². The fourth-order valence-corrected chi connectivity index (χ4v) is 3.77. The van der Waals surface area contributed by atoms with E-state index in [1.807, 2.05) is 11.0 Å². The summed E-state index contributed by atoms with van der Waals surface area (Å²) in [4.78, 5) is 27.0. The van der Waals surface area contributed by atoms with Crippen LogP contribution in [0.15, 0.2) is 18.2 Å². The number of hydrogen-bond acceptors (Lipinski definition) is 6. The predicted octanol–water partition coefficient (Wildman–Crippen LogP) is 3.44. The number of alkyl halides is 3. The molecule has 2 saturated heterocycles. The zero-order valence-corrected chi connectivity index (χ0v) is 18.6. The van der Waals surface area contributed by atoms with Crippen LogP contribution in [-0.2, 0) is 14.3 Å². The molecule has 2 heterocycles. The summed E-state index contributed by atoms with van der Waals surface area (Å²) >= 11 is 0. The van der Waals surface area contributed by atoms with Crippen LogP contribution < -0.4 is 10.2 Å². The fraction of sp³-hybridized carbons (Fsp3) is 0.636. The standard InChI is InChI=1S/C22H30F3N3O4/c1-21(2,3)32-19(29)17-5-4-16(14-18(17)26-15-6-12-31-13-7-15)27-8-10-28(11-9-27)20(30)22(23,24)25/h4-5,14-15,26H,6-13H2,1-3H3. The van der Waals surface area contributed by atoms with Gasteiger partial charge in [-0.2, -0.15) is 13.2 Å². The highest BCUT2D eigenvalue weighted by Gasteiger charge is 2.43. The van der Waals surface area contributed by atoms with E-state index in [0.717, 1.165) is 23.4 Å². The Kier molecular flexibility index (Phi) is 7.22. The monoisotopic (exact) mass is 457 g/mol. The summed E-state index contributed by atoms with van der Waals surface area (Å²) in [5.74, 6) is -2.25. The second-order valence-corrected chi connectivity index (χ2v) is 9.04. The van der Waals surface area contributed by atoms with Crippen LogP contribution in [0.2, 0.25) is 0 Å². The van der Waals surface area contributed by atoms with Crippen LogP contribution in [-0.4, -0.2) is 74.0 Å². The van der Waals surface area contributed by atoms with Gasteiger partial charge in [0.15, 0.2) is 0 Å². The maximum absolute atomic E-state index is 12.8. The van der Waals surface area contributed by atoms with Gasteiger partial charge < -0.3 is 24.6 Å². The highest BCUT2D eigenvalue weighted by molar-refractivity contribution is 5.97. The number of benzene rings is 1. The third kappa shape index (κ3) is 6.27. The Bertz CT molecular complexity index is 825. The molecular weight excluding hydrogens is 427 g/mol. The summed E-state index contributed by atoms with van der Waals surface area (Å²) in [6.07, 6.45) is -3.26. The van der Waals surface area contributed by atoms with E-state index >= 15 is 0 Å². The number of piperazine rings is 1. The highest BCUT2D eigenvalue weighted by atomic mass is 19.4. The highest BCUT2D eigenvalue weighted by Crippen LogP contribution is 2.29. The topological polar surface area (TPSA) is 71.1 Å². The van der Waals surface area contributed by atoms with E-state index in [-0.39, 0.29) is 32.2 Å². The van der Waals surface area contributed by atoms with Crippen molar-refractivity contribution in [2.45, 2.75) is 51.4 Å². The van der Waals surface area contributed by atoms with Gasteiger partial charge in [-0.05, 0) is 51.8 Å². The summed E-state index contributed by atoms with van der Waals surface area (Å²) in [7, 11) is 0. The van der Waals surface area contributed by atoms with Gasteiger partial charge in [0.25, 0.3) is 0 Å². The lowest BCUT2D eigenvalue weighted by atomic mass is 10.1. The van der Waals surface area contributed by atoms with E-state index in [2.05, 4.69) is 5.32 Å². The summed E-state index contributed by atoms with van der Waals surface area (Å²) in [5.41, 5.74) is 1.15. The molecule has 2 aliphatic rings. The van der Waals surface area contributed by atoms with Crippen LogP contribution in [0.5, 0.6) is 0 Å². The fourth-order valence-electron chi connectivity index (χ4n) is 3.77. The summed E-state index contributed by atoms with van der Waals surface area (Å²) in [5, 5.41) is 3.42. The zero-order chi connectivity index (χ0) is 23.5. The maximum atomic E-state index is 12.8. The van der Waals surface area contributed by atoms with Gasteiger partial charge >= 0.3 is 18.1 Å². The van der Waals surface area contributed by atoms with Crippen molar-refractivity contribution in [1.29, 1.82) is 0 Å². The Morgan fingerprint density at radius 3 is 2.25 bits per heavy atom. The summed E-state index contributed by atoms with van der Waals surface area (Å²) in [6.45, 7) is 7.16. The molecule has 0 saturated carbocycles. The van der Waals surface area contributed by atoms with Crippen molar-refractivity contribution >= 4 is 23.3 Å². The Balaban J connectivity index is 1.78. The molecule has 3 rings (SSSR count). The molecule has 1 N–H and O–H groups in total. The number of carbonyl (C=O) groups excluding carboxylic acids is 2. The molecule has 10 heteroatoms. The van der Waals surface area contributed by atoms with E-state index in [1.54, 1.807) is 32.9 Å². The minimum Gasteiger partial charge on any atom is -0.456 e. The Morgan fingerprint density at radius 2 is 1.69 bits per heavy atom. The van der Waals surface area contributed by atoms with Crippen molar-refractivity contribution in [3.05, 3.63) is 23.8 Å². The largest absolute Gasteiger partial charge is 0.471 e. The van der Waals surface area contributed by atoms with Crippen LogP contribution in [0.4, 0.5) is 24.5 Å². The molecule has 0 bridgehead atoms. The lowest BCUT2D eigenvalue weighted by Gasteiger charge is -2.36. The Morgan fingerprint density at radius 1 is 1.06 bits per heavy atom. The number of amides is 1. The molecule has 0 spiro atoms. The molecule has 1 aromatic carbocycles. The smallest absolute Gasteiger partial charge is 0.456 e. The van der Waals surface area contributed by atoms with Crippen molar-refractivity contribution in [3.63, 3.8) is 0 Å². The number of nitrogens with zero attached hydrogens (tertiary/aromatic N) is 2. The molecule has 1 amide bonds. The molecular formula is C22H30F3N3O4. The molecule has 0 radical (unpaired) electrons. The van der Waals surface area contributed by atoms with Crippen LogP contribution in [0.25, 0.3) is 0 Å². The first-order valence-corrected chi connectivity index (χ1v) is 10.8. The third-order valence-corrected chi connectivity index (χ3v) is 5.38. The average molecular weight is 457 g/mol. The second-order valence-electron chi connectivity index (χ2n) is 9.04. The molecule has 0 unspecified atom stereocenters. The number of rotatable bonds is 4. The first kappa shape index (κ1) is 24.2. The molecule has 178 valence electrons. The van der Waals surface area contributed by atoms with Crippen LogP contribution >= 0.6 is 0 Å². The van der Waals surface area contributed by atoms with Gasteiger partial charge in [0.1, 0.15) is 5.60 Å². The summed E-state index contributed by atoms with van der Waals surface area (Å²) < 4.78 is 49.0. The van der Waals surface area contributed by atoms with E-state index < -0.39 is 23.7 Å². The Labute approximate surface area is 185 Å². The molecule has 2 aliphatic heterocycles. The van der Waals surface area contributed by atoms with Gasteiger partial charge in [0.2, 0.25) is 0 Å². The molecule has 0 aliphatic carbocycles. The molecule has 1 aromatic rings. The number of hydrogen-bond donors (Lipinski definition) is 1. The first-order valence-electron chi connectivity index (χ1n) is 10.8. The van der Waals surface area contributed by atoms with Crippen molar-refractivity contribution in [3.8, 4) is 0 Å². The van der Waals surface area contributed by atoms with E-state index in [1.165, 1.54) is 0 Å². The lowest BCUT2D eigenvalue weighted by Crippen LogP contribution is -2.52. The van der Waals surface area contributed by atoms with Crippen molar-refractivity contribution in [1.82, 2.24) is 4.90 Å². The van der Waals surface area contributed by atoms with Gasteiger partial charge in [0.05, 0.1) is 11.3 Å². The minimum atomic E-state index is -4.86. The number of ether oxygens (including phenoxy) is 2. The second kappa shape index (κ2) is 9.56. The quantitative estimate of drug-likeness (QED) is 0.699. The molecule has 7 nitrogen and oxygen atoms in total. The molecule has 2 fully saturated rings. The van der Waals surface area contributed by atoms with Crippen molar-refractivity contribution in [2.24, 2.45) is 0 Å². The number of anilines is 2. The van der Waals surface area contributed by atoms with Crippen LogP contribution in [0.1, 0.15) is 44.0 Å². The molecule has 32 heavy (non-hydrogen) atoms. The zero-order valence-electron chi connectivity index (χ0n) is 18.6. The van der Waals surface area contributed by atoms with Crippen LogP contribution in [0, 0.1) is 0 Å². The minimum absolute atomic E-state index is 0.0190. The van der Waals surface area contributed by atoms with Crippen molar-refractivity contribution in [2.75, 3.05) is 49.6 Å². The molecule has 0 aromatic heterocycles. The Hall–Kier alpha value is -2.49. The maximum Gasteiger partial charge on any atom is 0.471 e. The van der Waals surface area contributed by atoms with Gasteiger partial charge in [-0.3, -0.25) is 4.79 Å². The number of carbonyl (C=O) groups is 2. The molecule has 0 atom stereocenters. The average Bonchev–Trinajstić information content (AvgIpc) is 2.72. The van der Waals surface area contributed by atoms with Crippen molar-refractivity contribution < 1.29 is 32.2 Å². The van der Waals surface area contributed by atoms with Gasteiger partial charge in [0, 0.05) is 51.1 Å². The lowest BCUT2D eigenvalue weighted by molar-refractivity contribution is -0.185. The van der Waals surface area contributed by atoms with Gasteiger partial charge in [-0.1, -0.05) is 0 Å². The predicted molar refractivity (Wildman–Crippen MR) is 114 cm³/mol. The van der Waals surface area contributed by atoms with Gasteiger partial charge in [-0.25, -0.2) is 4.79 Å². The number of nitrogens with one attached hydrogen (secondary N) is 1. The van der Waals surface area contributed by atoms with Gasteiger partial charge in [-0.15, -0.1) is 0 Å². The third-order valence-electron chi connectivity index (χ3n) is 5.38. The number of esters is 1. The number of halogens is 3. The normalized spacial score (nSPS) is 18.4. The van der Waals surface area contributed by atoms with E-state index in [9.17, 15) is 22.8 Å². The first-order chi connectivity index (χ1) is 14.9. The van der Waals surface area contributed by atoms with Crippen LogP contribution in [0.3, 0.4) is 0 Å². The summed E-state index contributed by atoms with van der Waals surface area (Å²) in [6, 6.07) is 5.41.